The fourth-order valence-corrected chi connectivity index (χ4v) is 3.18. The molecule has 1 aliphatic rings. The lowest BCUT2D eigenvalue weighted by molar-refractivity contribution is -0.138. The molecule has 1 N–H and O–H groups in total. The van der Waals surface area contributed by atoms with Crippen LogP contribution in [0.15, 0.2) is 28.7 Å². The maximum Gasteiger partial charge on any atom is 0.303 e. The largest absolute Gasteiger partial charge is 0.481 e. The highest BCUT2D eigenvalue weighted by Gasteiger charge is 2.23. The van der Waals surface area contributed by atoms with Crippen molar-refractivity contribution in [2.75, 3.05) is 13.1 Å². The van der Waals surface area contributed by atoms with E-state index in [0.29, 0.717) is 12.3 Å². The van der Waals surface area contributed by atoms with Gasteiger partial charge in [-0.1, -0.05) is 28.1 Å². The number of likely N-dealkylation sites (tertiary alicyclic amines) is 1. The normalized spacial score (nSPS) is 16.0. The third-order valence-electron chi connectivity index (χ3n) is 3.98. The summed E-state index contributed by atoms with van der Waals surface area (Å²) in [7, 11) is 0. The maximum atomic E-state index is 12.3. The third kappa shape index (κ3) is 5.16. The first kappa shape index (κ1) is 16.0. The predicted molar refractivity (Wildman–Crippen MR) is 84.0 cm³/mol. The molecule has 114 valence electrons. The molecule has 1 fully saturated rings. The average molecular weight is 354 g/mol. The van der Waals surface area contributed by atoms with Gasteiger partial charge in [0.2, 0.25) is 5.91 Å². The molecule has 0 unspecified atom stereocenters. The molecule has 0 atom stereocenters. The smallest absolute Gasteiger partial charge is 0.303 e. The summed E-state index contributed by atoms with van der Waals surface area (Å²) in [6.45, 7) is 1.49. The van der Waals surface area contributed by atoms with Crippen LogP contribution in [0.5, 0.6) is 0 Å². The fraction of sp³-hybridized carbons (Fsp3) is 0.500. The summed E-state index contributed by atoms with van der Waals surface area (Å²) in [6.07, 6.45) is 3.22. The molecule has 1 heterocycles. The van der Waals surface area contributed by atoms with Crippen LogP contribution in [0.25, 0.3) is 0 Å². The van der Waals surface area contributed by atoms with Crippen LogP contribution in [0, 0.1) is 5.92 Å². The number of carboxylic acid groups (broad SMARTS) is 1. The number of piperidine rings is 1. The van der Waals surface area contributed by atoms with Gasteiger partial charge in [-0.05, 0) is 42.9 Å². The molecular formula is C16H20BrNO3. The van der Waals surface area contributed by atoms with Crippen molar-refractivity contribution in [3.63, 3.8) is 0 Å². The zero-order valence-corrected chi connectivity index (χ0v) is 13.5. The minimum atomic E-state index is -0.733. The monoisotopic (exact) mass is 353 g/mol. The van der Waals surface area contributed by atoms with Gasteiger partial charge in [0.05, 0.1) is 6.42 Å². The lowest BCUT2D eigenvalue weighted by Gasteiger charge is -2.32. The van der Waals surface area contributed by atoms with Crippen LogP contribution in [0.1, 0.15) is 31.2 Å². The molecule has 1 saturated heterocycles. The number of halogens is 1. The van der Waals surface area contributed by atoms with Gasteiger partial charge >= 0.3 is 5.97 Å². The van der Waals surface area contributed by atoms with Crippen LogP contribution in [0.4, 0.5) is 0 Å². The first-order chi connectivity index (χ1) is 10.0. The molecular weight excluding hydrogens is 334 g/mol. The average Bonchev–Trinajstić information content (AvgIpc) is 2.45. The van der Waals surface area contributed by atoms with Gasteiger partial charge < -0.3 is 10.0 Å². The molecule has 0 bridgehead atoms. The van der Waals surface area contributed by atoms with Crippen LogP contribution in [0.3, 0.4) is 0 Å². The van der Waals surface area contributed by atoms with Gasteiger partial charge in [0.1, 0.15) is 0 Å². The quantitative estimate of drug-likeness (QED) is 0.884. The lowest BCUT2D eigenvalue weighted by Crippen LogP contribution is -2.39. The van der Waals surface area contributed by atoms with Gasteiger partial charge in [-0.2, -0.15) is 0 Å². The van der Waals surface area contributed by atoms with Crippen molar-refractivity contribution in [3.05, 3.63) is 34.3 Å². The highest BCUT2D eigenvalue weighted by molar-refractivity contribution is 9.10. The predicted octanol–water partition coefficient (Wildman–Crippen LogP) is 3.10. The van der Waals surface area contributed by atoms with E-state index in [0.717, 1.165) is 42.4 Å². The summed E-state index contributed by atoms with van der Waals surface area (Å²) in [5.41, 5.74) is 1.02. The molecule has 21 heavy (non-hydrogen) atoms. The molecule has 1 amide bonds. The van der Waals surface area contributed by atoms with Crippen molar-refractivity contribution in [1.29, 1.82) is 0 Å². The molecule has 0 aromatic heterocycles. The number of nitrogens with zero attached hydrogens (tertiary/aromatic N) is 1. The number of hydrogen-bond acceptors (Lipinski definition) is 2. The summed E-state index contributed by atoms with van der Waals surface area (Å²) in [5.74, 6) is -0.135. The van der Waals surface area contributed by atoms with E-state index in [-0.39, 0.29) is 12.3 Å². The first-order valence-electron chi connectivity index (χ1n) is 7.28. The minimum absolute atomic E-state index is 0.157. The van der Waals surface area contributed by atoms with Gasteiger partial charge in [-0.15, -0.1) is 0 Å². The molecule has 0 aliphatic carbocycles. The van der Waals surface area contributed by atoms with E-state index in [1.54, 1.807) is 0 Å². The van der Waals surface area contributed by atoms with E-state index in [2.05, 4.69) is 15.9 Å². The molecule has 0 spiro atoms. The molecule has 2 rings (SSSR count). The van der Waals surface area contributed by atoms with Crippen molar-refractivity contribution in [3.8, 4) is 0 Å². The Kier molecular flexibility index (Phi) is 5.79. The zero-order valence-electron chi connectivity index (χ0n) is 11.9. The van der Waals surface area contributed by atoms with E-state index in [4.69, 9.17) is 5.11 Å². The van der Waals surface area contributed by atoms with Crippen molar-refractivity contribution in [1.82, 2.24) is 4.90 Å². The van der Waals surface area contributed by atoms with Crippen LogP contribution in [0.2, 0.25) is 0 Å². The van der Waals surface area contributed by atoms with Gasteiger partial charge in [0.15, 0.2) is 0 Å². The summed E-state index contributed by atoms with van der Waals surface area (Å²) in [4.78, 5) is 24.7. The molecule has 0 saturated carbocycles. The van der Waals surface area contributed by atoms with Gasteiger partial charge in [0, 0.05) is 24.0 Å². The second-order valence-electron chi connectivity index (χ2n) is 5.56. The Morgan fingerprint density at radius 2 is 2.00 bits per heavy atom. The Hall–Kier alpha value is -1.36. The van der Waals surface area contributed by atoms with Crippen LogP contribution in [-0.4, -0.2) is 35.0 Å². The van der Waals surface area contributed by atoms with E-state index >= 15 is 0 Å². The Morgan fingerprint density at radius 1 is 1.29 bits per heavy atom. The highest BCUT2D eigenvalue weighted by atomic mass is 79.9. The zero-order chi connectivity index (χ0) is 15.2. The van der Waals surface area contributed by atoms with Crippen molar-refractivity contribution < 1.29 is 14.7 Å². The van der Waals surface area contributed by atoms with E-state index in [9.17, 15) is 9.59 Å². The standard InChI is InChI=1S/C16H20BrNO3/c17-14-3-1-2-13(10-14)11-15(19)18-8-6-12(7-9-18)4-5-16(20)21/h1-3,10,12H,4-9,11H2,(H,20,21). The maximum absolute atomic E-state index is 12.3. The Balaban J connectivity index is 1.79. The van der Waals surface area contributed by atoms with Crippen molar-refractivity contribution >= 4 is 27.8 Å². The van der Waals surface area contributed by atoms with Crippen LogP contribution < -0.4 is 0 Å². The second kappa shape index (κ2) is 7.59. The highest BCUT2D eigenvalue weighted by Crippen LogP contribution is 2.22. The number of benzene rings is 1. The summed E-state index contributed by atoms with van der Waals surface area (Å²) >= 11 is 3.41. The number of hydrogen-bond donors (Lipinski definition) is 1. The second-order valence-corrected chi connectivity index (χ2v) is 6.48. The summed E-state index contributed by atoms with van der Waals surface area (Å²) < 4.78 is 0.986. The summed E-state index contributed by atoms with van der Waals surface area (Å²) in [5, 5.41) is 8.70. The first-order valence-corrected chi connectivity index (χ1v) is 8.08. The molecule has 0 radical (unpaired) electrons. The third-order valence-corrected chi connectivity index (χ3v) is 4.47. The number of carbonyl (C=O) groups is 2. The lowest BCUT2D eigenvalue weighted by atomic mass is 9.92. The Morgan fingerprint density at radius 3 is 2.62 bits per heavy atom. The number of carboxylic acids is 1. The SMILES string of the molecule is O=C(O)CCC1CCN(C(=O)Cc2cccc(Br)c2)CC1. The van der Waals surface area contributed by atoms with Crippen LogP contribution >= 0.6 is 15.9 Å². The van der Waals surface area contributed by atoms with Crippen LogP contribution in [-0.2, 0) is 16.0 Å². The number of rotatable bonds is 5. The van der Waals surface area contributed by atoms with Gasteiger partial charge in [-0.25, -0.2) is 0 Å². The number of carbonyl (C=O) groups excluding carboxylic acids is 1. The molecule has 4 nitrogen and oxygen atoms in total. The Labute approximate surface area is 133 Å². The van der Waals surface area contributed by atoms with Crippen molar-refractivity contribution in [2.45, 2.75) is 32.1 Å². The van der Waals surface area contributed by atoms with E-state index in [1.807, 2.05) is 29.2 Å². The Bertz CT molecular complexity index is 510. The topological polar surface area (TPSA) is 57.6 Å². The van der Waals surface area contributed by atoms with E-state index < -0.39 is 5.97 Å². The molecule has 1 aromatic rings. The van der Waals surface area contributed by atoms with Gasteiger partial charge in [-0.3, -0.25) is 9.59 Å². The van der Waals surface area contributed by atoms with E-state index in [1.165, 1.54) is 0 Å². The molecule has 1 aromatic carbocycles. The summed E-state index contributed by atoms with van der Waals surface area (Å²) in [6, 6.07) is 7.81. The number of aliphatic carboxylic acids is 1. The fourth-order valence-electron chi connectivity index (χ4n) is 2.73. The van der Waals surface area contributed by atoms with Crippen molar-refractivity contribution in [2.24, 2.45) is 5.92 Å². The van der Waals surface area contributed by atoms with Gasteiger partial charge in [0.25, 0.3) is 0 Å². The molecule has 1 aliphatic heterocycles. The molecule has 5 heteroatoms. The minimum Gasteiger partial charge on any atom is -0.481 e. The number of amides is 1.